The molecule has 1 aromatic carbocycles. The van der Waals surface area contributed by atoms with E-state index in [-0.39, 0.29) is 46.1 Å². The molecule has 0 unspecified atom stereocenters. The molecular weight excluding hydrogens is 384 g/mol. The Balaban J connectivity index is 1.79. The van der Waals surface area contributed by atoms with Gasteiger partial charge in [0.2, 0.25) is 0 Å². The van der Waals surface area contributed by atoms with Crippen LogP contribution in [0.5, 0.6) is 11.5 Å². The molecule has 2 saturated carbocycles. The van der Waals surface area contributed by atoms with Crippen molar-refractivity contribution >= 4 is 11.9 Å². The van der Waals surface area contributed by atoms with Gasteiger partial charge in [0.1, 0.15) is 11.5 Å². The lowest BCUT2D eigenvalue weighted by Gasteiger charge is -2.39. The first-order valence-electron chi connectivity index (χ1n) is 10.9. The van der Waals surface area contributed by atoms with Gasteiger partial charge in [-0.2, -0.15) is 0 Å². The van der Waals surface area contributed by atoms with E-state index in [1.54, 1.807) is 12.1 Å². The van der Waals surface area contributed by atoms with E-state index in [4.69, 9.17) is 9.47 Å². The van der Waals surface area contributed by atoms with Crippen LogP contribution < -0.4 is 0 Å². The normalized spacial score (nSPS) is 31.7. The molecule has 166 valence electrons. The number of phenols is 2. The highest BCUT2D eigenvalue weighted by atomic mass is 16.5. The molecule has 1 aromatic rings. The summed E-state index contributed by atoms with van der Waals surface area (Å²) >= 11 is 0. The molecule has 0 aliphatic heterocycles. The second kappa shape index (κ2) is 8.48. The van der Waals surface area contributed by atoms with Crippen LogP contribution in [0.25, 0.3) is 0 Å². The molecule has 3 rings (SSSR count). The molecule has 2 N–H and O–H groups in total. The number of hydrogen-bond donors (Lipinski definition) is 2. The third kappa shape index (κ3) is 4.14. The largest absolute Gasteiger partial charge is 0.508 e. The van der Waals surface area contributed by atoms with Crippen LogP contribution in [0.3, 0.4) is 0 Å². The van der Waals surface area contributed by atoms with Crippen LogP contribution in [-0.2, 0) is 29.9 Å². The molecule has 2 aliphatic rings. The molecule has 6 heteroatoms. The summed E-state index contributed by atoms with van der Waals surface area (Å²) in [5.41, 5.74) is 0.875. The van der Waals surface area contributed by atoms with Gasteiger partial charge in [-0.1, -0.05) is 13.8 Å². The number of carbonyl (C=O) groups excluding carboxylic acids is 2. The van der Waals surface area contributed by atoms with E-state index in [1.807, 2.05) is 0 Å². The summed E-state index contributed by atoms with van der Waals surface area (Å²) in [5.74, 6) is -0.148. The third-order valence-electron chi connectivity index (χ3n) is 7.66. The maximum Gasteiger partial charge on any atom is 0.308 e. The summed E-state index contributed by atoms with van der Waals surface area (Å²) in [6.45, 7) is 4.16. The van der Waals surface area contributed by atoms with Crippen LogP contribution in [0.2, 0.25) is 0 Å². The number of methoxy groups -OCH3 is 2. The first-order valence-corrected chi connectivity index (χ1v) is 10.9. The summed E-state index contributed by atoms with van der Waals surface area (Å²) in [6, 6.07) is 3.42. The lowest BCUT2D eigenvalue weighted by molar-refractivity contribution is -0.147. The SMILES string of the molecule is COC(=O)C1CCC(C)(c2cc(O)c(C3(C)CCC(C(=O)OC)CC3)cc2O)CC1. The van der Waals surface area contributed by atoms with Gasteiger partial charge in [0.15, 0.2) is 0 Å². The van der Waals surface area contributed by atoms with Gasteiger partial charge in [0.25, 0.3) is 0 Å². The molecule has 0 atom stereocenters. The Morgan fingerprint density at radius 2 is 1.07 bits per heavy atom. The number of aromatic hydroxyl groups is 2. The fourth-order valence-corrected chi connectivity index (χ4v) is 5.40. The van der Waals surface area contributed by atoms with Crippen LogP contribution >= 0.6 is 0 Å². The van der Waals surface area contributed by atoms with Gasteiger partial charge in [0.05, 0.1) is 26.1 Å². The zero-order valence-electron chi connectivity index (χ0n) is 18.5. The van der Waals surface area contributed by atoms with Crippen LogP contribution in [0, 0.1) is 11.8 Å². The van der Waals surface area contributed by atoms with Gasteiger partial charge in [-0.05, 0) is 74.3 Å². The van der Waals surface area contributed by atoms with Crippen molar-refractivity contribution in [1.82, 2.24) is 0 Å². The van der Waals surface area contributed by atoms with Crippen LogP contribution in [0.15, 0.2) is 12.1 Å². The molecule has 2 aliphatic carbocycles. The summed E-state index contributed by atoms with van der Waals surface area (Å²) in [7, 11) is 2.83. The Morgan fingerprint density at radius 3 is 1.33 bits per heavy atom. The average Bonchev–Trinajstić information content (AvgIpc) is 2.74. The fourth-order valence-electron chi connectivity index (χ4n) is 5.40. The van der Waals surface area contributed by atoms with Crippen molar-refractivity contribution in [2.24, 2.45) is 11.8 Å². The molecule has 0 radical (unpaired) electrons. The van der Waals surface area contributed by atoms with Gasteiger partial charge in [-0.15, -0.1) is 0 Å². The van der Waals surface area contributed by atoms with E-state index < -0.39 is 0 Å². The number of hydrogen-bond acceptors (Lipinski definition) is 6. The van der Waals surface area contributed by atoms with E-state index in [0.717, 1.165) is 36.8 Å². The van der Waals surface area contributed by atoms with Gasteiger partial charge in [-0.3, -0.25) is 9.59 Å². The number of ether oxygens (including phenoxy) is 2. The number of phenolic OH excluding ortho intramolecular Hbond substituents is 2. The Hall–Kier alpha value is -2.24. The Bertz CT molecular complexity index is 730. The number of rotatable bonds is 4. The highest BCUT2D eigenvalue weighted by molar-refractivity contribution is 5.73. The first kappa shape index (κ1) is 22.4. The summed E-state index contributed by atoms with van der Waals surface area (Å²) < 4.78 is 9.75. The van der Waals surface area contributed by atoms with Crippen molar-refractivity contribution in [2.75, 3.05) is 14.2 Å². The van der Waals surface area contributed by atoms with Gasteiger partial charge >= 0.3 is 11.9 Å². The minimum absolute atomic E-state index is 0.0954. The van der Waals surface area contributed by atoms with Crippen LogP contribution in [0.1, 0.15) is 76.3 Å². The minimum Gasteiger partial charge on any atom is -0.508 e. The predicted octanol–water partition coefficient (Wildman–Crippen LogP) is 4.34. The summed E-state index contributed by atoms with van der Waals surface area (Å²) in [5, 5.41) is 21.8. The van der Waals surface area contributed by atoms with Gasteiger partial charge < -0.3 is 19.7 Å². The maximum atomic E-state index is 11.8. The topological polar surface area (TPSA) is 93.1 Å². The zero-order valence-corrected chi connectivity index (χ0v) is 18.5. The average molecular weight is 419 g/mol. The molecule has 0 aromatic heterocycles. The fraction of sp³-hybridized carbons (Fsp3) is 0.667. The van der Waals surface area contributed by atoms with E-state index in [9.17, 15) is 19.8 Å². The molecule has 0 heterocycles. The van der Waals surface area contributed by atoms with Crippen molar-refractivity contribution in [1.29, 1.82) is 0 Å². The van der Waals surface area contributed by atoms with Crippen molar-refractivity contribution in [3.05, 3.63) is 23.3 Å². The minimum atomic E-state index is -0.298. The highest BCUT2D eigenvalue weighted by Crippen LogP contribution is 2.50. The Morgan fingerprint density at radius 1 is 0.767 bits per heavy atom. The highest BCUT2D eigenvalue weighted by Gasteiger charge is 2.40. The second-order valence-electron chi connectivity index (χ2n) is 9.60. The van der Waals surface area contributed by atoms with Crippen molar-refractivity contribution < 1.29 is 29.3 Å². The van der Waals surface area contributed by atoms with E-state index in [0.29, 0.717) is 25.7 Å². The van der Waals surface area contributed by atoms with Crippen molar-refractivity contribution in [3.63, 3.8) is 0 Å². The van der Waals surface area contributed by atoms with E-state index >= 15 is 0 Å². The third-order valence-corrected chi connectivity index (χ3v) is 7.66. The smallest absolute Gasteiger partial charge is 0.308 e. The number of esters is 2. The first-order chi connectivity index (χ1) is 14.1. The lowest BCUT2D eigenvalue weighted by Crippen LogP contribution is -2.33. The summed E-state index contributed by atoms with van der Waals surface area (Å²) in [4.78, 5) is 23.7. The van der Waals surface area contributed by atoms with Crippen molar-refractivity contribution in [3.8, 4) is 11.5 Å². The van der Waals surface area contributed by atoms with Crippen LogP contribution in [-0.4, -0.2) is 36.4 Å². The molecular formula is C24H34O6. The van der Waals surface area contributed by atoms with Crippen LogP contribution in [0.4, 0.5) is 0 Å². The van der Waals surface area contributed by atoms with Crippen molar-refractivity contribution in [2.45, 2.75) is 76.0 Å². The van der Waals surface area contributed by atoms with Gasteiger partial charge in [-0.25, -0.2) is 0 Å². The zero-order chi connectivity index (χ0) is 22.1. The molecule has 0 amide bonds. The molecule has 6 nitrogen and oxygen atoms in total. The monoisotopic (exact) mass is 418 g/mol. The molecule has 0 spiro atoms. The Labute approximate surface area is 178 Å². The van der Waals surface area contributed by atoms with E-state index in [1.165, 1.54) is 14.2 Å². The number of carbonyl (C=O) groups is 2. The Kier molecular flexibility index (Phi) is 6.34. The molecule has 30 heavy (non-hydrogen) atoms. The quantitative estimate of drug-likeness (QED) is 0.558. The lowest BCUT2D eigenvalue weighted by atomic mass is 9.65. The standard InChI is InChI=1S/C24H34O6/c1-23(9-5-15(6-10-23)21(27)29-3)17-13-20(26)18(14-19(17)25)24(2)11-7-16(8-12-24)22(28)30-4/h13-16,25-26H,5-12H2,1-4H3. The van der Waals surface area contributed by atoms with Gasteiger partial charge in [0, 0.05) is 11.1 Å². The molecule has 0 saturated heterocycles. The summed E-state index contributed by atoms with van der Waals surface area (Å²) in [6.07, 6.45) is 5.81. The maximum absolute atomic E-state index is 11.8. The molecule has 2 fully saturated rings. The predicted molar refractivity (Wildman–Crippen MR) is 112 cm³/mol. The second-order valence-corrected chi connectivity index (χ2v) is 9.60. The number of benzene rings is 1. The molecule has 0 bridgehead atoms. The van der Waals surface area contributed by atoms with E-state index in [2.05, 4.69) is 13.8 Å².